The highest BCUT2D eigenvalue weighted by atomic mass is 19.4. The molecule has 0 N–H and O–H groups in total. The lowest BCUT2D eigenvalue weighted by molar-refractivity contribution is -0.412. The van der Waals surface area contributed by atoms with E-state index in [-0.39, 0.29) is 6.42 Å². The molecule has 1 atom stereocenters. The Balaban J connectivity index is 5.54. The molecular formula is C15H17F13O3. The monoisotopic (exact) mass is 492 g/mol. The number of rotatable bonds is 10. The molecule has 0 rings (SSSR count). The zero-order chi connectivity index (χ0) is 25.3. The van der Waals surface area contributed by atoms with E-state index in [9.17, 15) is 61.9 Å². The fraction of sp³-hybridized carbons (Fsp3) is 0.933. The lowest BCUT2D eigenvalue weighted by Gasteiger charge is -2.35. The first-order valence-electron chi connectivity index (χ1n) is 8.16. The summed E-state index contributed by atoms with van der Waals surface area (Å²) in [6.45, 7) is -0.947. The Bertz CT molecular complexity index is 625. The third-order valence-electron chi connectivity index (χ3n) is 4.21. The van der Waals surface area contributed by atoms with Crippen molar-refractivity contribution in [1.82, 2.24) is 0 Å². The number of halogens is 13. The molecule has 0 aliphatic rings. The van der Waals surface area contributed by atoms with E-state index in [0.29, 0.717) is 0 Å². The second kappa shape index (κ2) is 8.81. The SMILES string of the molecule is CCC(C)(C)C(=O)OCCC(F)(OCC(F)(F)C(F)(F)C(F)(F)C(F)(F)F)C(F)(F)F. The number of hydrogen-bond acceptors (Lipinski definition) is 3. The maximum Gasteiger partial charge on any atom is 0.460 e. The average molecular weight is 492 g/mol. The molecule has 0 aliphatic carbocycles. The minimum absolute atomic E-state index is 0.108. The molecule has 31 heavy (non-hydrogen) atoms. The van der Waals surface area contributed by atoms with Gasteiger partial charge in [-0.3, -0.25) is 4.79 Å². The van der Waals surface area contributed by atoms with Gasteiger partial charge in [-0.1, -0.05) is 6.92 Å². The highest BCUT2D eigenvalue weighted by Crippen LogP contribution is 2.53. The van der Waals surface area contributed by atoms with Crippen molar-refractivity contribution in [2.45, 2.75) is 69.6 Å². The summed E-state index contributed by atoms with van der Waals surface area (Å²) in [5.41, 5.74) is -1.25. The van der Waals surface area contributed by atoms with Crippen LogP contribution in [0.1, 0.15) is 33.6 Å². The molecule has 0 saturated carbocycles. The van der Waals surface area contributed by atoms with Gasteiger partial charge in [-0.25, -0.2) is 4.39 Å². The van der Waals surface area contributed by atoms with E-state index >= 15 is 0 Å². The molecule has 0 aromatic carbocycles. The van der Waals surface area contributed by atoms with Crippen LogP contribution in [0.4, 0.5) is 57.1 Å². The summed E-state index contributed by atoms with van der Waals surface area (Å²) in [6.07, 6.45) is -15.4. The number of ether oxygens (including phenoxy) is 2. The van der Waals surface area contributed by atoms with E-state index in [2.05, 4.69) is 9.47 Å². The van der Waals surface area contributed by atoms with Gasteiger partial charge < -0.3 is 9.47 Å². The lowest BCUT2D eigenvalue weighted by Crippen LogP contribution is -2.63. The van der Waals surface area contributed by atoms with Crippen molar-refractivity contribution < 1.29 is 71.3 Å². The fourth-order valence-corrected chi connectivity index (χ4v) is 1.61. The van der Waals surface area contributed by atoms with Crippen molar-refractivity contribution in [2.24, 2.45) is 5.41 Å². The van der Waals surface area contributed by atoms with E-state index in [4.69, 9.17) is 0 Å². The highest BCUT2D eigenvalue weighted by Gasteiger charge is 2.82. The molecule has 0 heterocycles. The molecule has 0 spiro atoms. The third kappa shape index (κ3) is 6.06. The summed E-state index contributed by atoms with van der Waals surface area (Å²) in [6, 6.07) is 0. The van der Waals surface area contributed by atoms with E-state index in [0.717, 1.165) is 0 Å². The number of carbonyl (C=O) groups is 1. The molecule has 0 aromatic rings. The predicted octanol–water partition coefficient (Wildman–Crippen LogP) is 6.07. The van der Waals surface area contributed by atoms with Crippen LogP contribution in [-0.4, -0.2) is 55.2 Å². The van der Waals surface area contributed by atoms with E-state index in [1.54, 1.807) is 0 Å². The summed E-state index contributed by atoms with van der Waals surface area (Å²) >= 11 is 0. The van der Waals surface area contributed by atoms with Crippen LogP contribution < -0.4 is 0 Å². The van der Waals surface area contributed by atoms with Gasteiger partial charge >= 0.3 is 41.9 Å². The first-order valence-corrected chi connectivity index (χ1v) is 8.16. The minimum Gasteiger partial charge on any atom is -0.465 e. The van der Waals surface area contributed by atoms with Crippen molar-refractivity contribution in [3.63, 3.8) is 0 Å². The van der Waals surface area contributed by atoms with Crippen LogP contribution in [0, 0.1) is 5.41 Å². The number of alkyl halides is 13. The quantitative estimate of drug-likeness (QED) is 0.275. The van der Waals surface area contributed by atoms with Crippen molar-refractivity contribution in [1.29, 1.82) is 0 Å². The van der Waals surface area contributed by atoms with Crippen molar-refractivity contribution >= 4 is 5.97 Å². The van der Waals surface area contributed by atoms with Crippen molar-refractivity contribution in [2.75, 3.05) is 13.2 Å². The molecule has 0 saturated heterocycles. The van der Waals surface area contributed by atoms with Crippen molar-refractivity contribution in [3.8, 4) is 0 Å². The van der Waals surface area contributed by atoms with Gasteiger partial charge in [-0.05, 0) is 20.3 Å². The lowest BCUT2D eigenvalue weighted by atomic mass is 9.91. The third-order valence-corrected chi connectivity index (χ3v) is 4.21. The van der Waals surface area contributed by atoms with Crippen LogP contribution in [-0.2, 0) is 14.3 Å². The van der Waals surface area contributed by atoms with E-state index in [1.807, 2.05) is 0 Å². The second-order valence-corrected chi connectivity index (χ2v) is 6.99. The molecule has 16 heteroatoms. The van der Waals surface area contributed by atoms with Crippen LogP contribution in [0.15, 0.2) is 0 Å². The maximum absolute atomic E-state index is 14.1. The van der Waals surface area contributed by atoms with E-state index < -0.39 is 67.0 Å². The van der Waals surface area contributed by atoms with Crippen LogP contribution in [0.3, 0.4) is 0 Å². The molecule has 3 nitrogen and oxygen atoms in total. The zero-order valence-corrected chi connectivity index (χ0v) is 16.0. The Kier molecular flexibility index (Phi) is 8.39. The Morgan fingerprint density at radius 1 is 0.742 bits per heavy atom. The molecule has 0 amide bonds. The summed E-state index contributed by atoms with van der Waals surface area (Å²) in [7, 11) is 0. The first-order chi connectivity index (χ1) is 13.4. The van der Waals surface area contributed by atoms with Gasteiger partial charge in [-0.15, -0.1) is 0 Å². The zero-order valence-electron chi connectivity index (χ0n) is 16.0. The molecule has 0 bridgehead atoms. The van der Waals surface area contributed by atoms with Gasteiger partial charge in [-0.2, -0.15) is 52.7 Å². The van der Waals surface area contributed by atoms with Gasteiger partial charge in [0.1, 0.15) is 6.61 Å². The number of carbonyl (C=O) groups excluding carboxylic acids is 1. The Morgan fingerprint density at radius 3 is 1.55 bits per heavy atom. The standard InChI is InChI=1S/C15H17F13O3/c1-4-9(2,3)8(29)30-6-5-11(18,14(23,24)25)31-7-10(16,17)12(19,20)13(21,22)15(26,27)28/h4-7H2,1-3H3. The highest BCUT2D eigenvalue weighted by molar-refractivity contribution is 5.75. The normalized spacial score (nSPS) is 16.8. The Hall–Kier alpha value is -1.48. The summed E-state index contributed by atoms with van der Waals surface area (Å²) in [5, 5.41) is 0. The van der Waals surface area contributed by atoms with Crippen LogP contribution in [0.2, 0.25) is 0 Å². The van der Waals surface area contributed by atoms with Gasteiger partial charge in [0.05, 0.1) is 18.4 Å². The largest absolute Gasteiger partial charge is 0.465 e. The number of hydrogen-bond donors (Lipinski definition) is 0. The maximum atomic E-state index is 14.1. The molecule has 0 radical (unpaired) electrons. The summed E-state index contributed by atoms with van der Waals surface area (Å²) in [4.78, 5) is 11.6. The second-order valence-electron chi connectivity index (χ2n) is 6.99. The Labute approximate surface area is 166 Å². The summed E-state index contributed by atoms with van der Waals surface area (Å²) in [5.74, 6) is -27.7. The summed E-state index contributed by atoms with van der Waals surface area (Å²) < 4.78 is 174. The first kappa shape index (κ1) is 29.5. The Morgan fingerprint density at radius 2 is 1.19 bits per heavy atom. The van der Waals surface area contributed by atoms with E-state index in [1.165, 1.54) is 20.8 Å². The predicted molar refractivity (Wildman–Crippen MR) is 76.4 cm³/mol. The molecule has 1 unspecified atom stereocenters. The molecule has 0 aliphatic heterocycles. The fourth-order valence-electron chi connectivity index (χ4n) is 1.61. The number of esters is 1. The molecule has 0 fully saturated rings. The topological polar surface area (TPSA) is 35.5 Å². The van der Waals surface area contributed by atoms with Gasteiger partial charge in [0.15, 0.2) is 0 Å². The molecule has 0 aromatic heterocycles. The molecular weight excluding hydrogens is 475 g/mol. The van der Waals surface area contributed by atoms with Gasteiger partial charge in [0.25, 0.3) is 0 Å². The van der Waals surface area contributed by atoms with Gasteiger partial charge in [0, 0.05) is 0 Å². The smallest absolute Gasteiger partial charge is 0.460 e. The van der Waals surface area contributed by atoms with Crippen LogP contribution in [0.25, 0.3) is 0 Å². The molecule has 186 valence electrons. The minimum atomic E-state index is -7.38. The van der Waals surface area contributed by atoms with Crippen molar-refractivity contribution in [3.05, 3.63) is 0 Å². The van der Waals surface area contributed by atoms with Crippen LogP contribution >= 0.6 is 0 Å². The van der Waals surface area contributed by atoms with Crippen LogP contribution in [0.5, 0.6) is 0 Å². The average Bonchev–Trinajstić information content (AvgIpc) is 2.57. The van der Waals surface area contributed by atoms with Gasteiger partial charge in [0.2, 0.25) is 0 Å².